The summed E-state index contributed by atoms with van der Waals surface area (Å²) in [5, 5.41) is 0. The highest BCUT2D eigenvalue weighted by Crippen LogP contribution is 2.15. The van der Waals surface area contributed by atoms with Crippen LogP contribution in [0.5, 0.6) is 0 Å². The highest BCUT2D eigenvalue weighted by molar-refractivity contribution is 4.50. The summed E-state index contributed by atoms with van der Waals surface area (Å²) in [5.41, 5.74) is 0. The highest BCUT2D eigenvalue weighted by Gasteiger charge is 2.20. The number of hydrogen-bond acceptors (Lipinski definition) is 0. The Hall–Kier alpha value is 1.38. The van der Waals surface area contributed by atoms with Crippen LogP contribution in [0.3, 0.4) is 0 Å². The molecule has 0 aliphatic rings. The number of rotatable bonds is 22. The Morgan fingerprint density at radius 2 is 0.452 bits per heavy atom. The SMILES string of the molecule is CC[N+](CC)(CC)CCCCCCCCCCCCCCC[N+](CC)(CC)CC.[I-].[I-]. The highest BCUT2D eigenvalue weighted by atomic mass is 127. The van der Waals surface area contributed by atoms with Crippen LogP contribution in [0.2, 0.25) is 0 Å². The molecule has 2 nitrogen and oxygen atoms in total. The average Bonchev–Trinajstić information content (AvgIpc) is 2.77. The van der Waals surface area contributed by atoms with Crippen molar-refractivity contribution in [3.8, 4) is 0 Å². The Morgan fingerprint density at radius 1 is 0.290 bits per heavy atom. The summed E-state index contributed by atoms with van der Waals surface area (Å²) in [6.45, 7) is 24.8. The van der Waals surface area contributed by atoms with Gasteiger partial charge in [0.1, 0.15) is 0 Å². The van der Waals surface area contributed by atoms with E-state index in [1.54, 1.807) is 0 Å². The normalized spacial score (nSPS) is 11.8. The summed E-state index contributed by atoms with van der Waals surface area (Å²) in [5.74, 6) is 0. The Balaban J connectivity index is -0.00000392. The predicted molar refractivity (Wildman–Crippen MR) is 134 cm³/mol. The minimum Gasteiger partial charge on any atom is -1.00 e. The van der Waals surface area contributed by atoms with Crippen LogP contribution in [0.25, 0.3) is 0 Å². The van der Waals surface area contributed by atoms with Crippen LogP contribution in [0.1, 0.15) is 125 Å². The molecule has 192 valence electrons. The molecule has 0 rings (SSSR count). The smallest absolute Gasteiger partial charge is 0.0786 e. The zero-order valence-electron chi connectivity index (χ0n) is 22.5. The first kappa shape index (κ1) is 36.9. The molecule has 0 aliphatic heterocycles. The fraction of sp³-hybridized carbons (Fsp3) is 1.00. The Labute approximate surface area is 232 Å². The first-order valence-corrected chi connectivity index (χ1v) is 13.8. The van der Waals surface area contributed by atoms with Crippen LogP contribution in [0, 0.1) is 0 Å². The molecular weight excluding hydrogens is 606 g/mol. The molecule has 0 aromatic rings. The predicted octanol–water partition coefficient (Wildman–Crippen LogP) is 1.82. The number of nitrogens with zero attached hydrogens (tertiary/aromatic N) is 2. The van der Waals surface area contributed by atoms with E-state index in [4.69, 9.17) is 0 Å². The second kappa shape index (κ2) is 24.5. The summed E-state index contributed by atoms with van der Waals surface area (Å²) in [4.78, 5) is 0. The fourth-order valence-corrected chi connectivity index (χ4v) is 5.13. The summed E-state index contributed by atoms with van der Waals surface area (Å²) in [6.07, 6.45) is 19.0. The van der Waals surface area contributed by atoms with Gasteiger partial charge in [-0.3, -0.25) is 0 Å². The second-order valence-corrected chi connectivity index (χ2v) is 9.62. The lowest BCUT2D eigenvalue weighted by Gasteiger charge is -2.35. The van der Waals surface area contributed by atoms with E-state index in [-0.39, 0.29) is 48.0 Å². The first-order chi connectivity index (χ1) is 14.1. The molecule has 0 saturated heterocycles. The molecule has 0 aromatic carbocycles. The molecule has 0 heterocycles. The van der Waals surface area contributed by atoms with Crippen molar-refractivity contribution in [2.75, 3.05) is 52.4 Å². The standard InChI is InChI=1S/C27H60N2.2HI/c1-7-28(8-2,9-3)26-24-22-20-18-16-14-13-15-17-19-21-23-25-27-29(10-4,11-5)12-6;;/h7-27H2,1-6H3;2*1H/q+2;;/p-2. The summed E-state index contributed by atoms with van der Waals surface area (Å²) in [7, 11) is 0. The molecule has 0 unspecified atom stereocenters. The molecule has 0 bridgehead atoms. The van der Waals surface area contributed by atoms with E-state index in [0.29, 0.717) is 0 Å². The number of unbranched alkanes of at least 4 members (excludes halogenated alkanes) is 12. The maximum atomic E-state index is 2.36. The molecule has 0 amide bonds. The lowest BCUT2D eigenvalue weighted by Crippen LogP contribution is -3.00. The topological polar surface area (TPSA) is 0 Å². The van der Waals surface area contributed by atoms with Crippen molar-refractivity contribution < 1.29 is 56.9 Å². The molecular formula is C27H60I2N2. The van der Waals surface area contributed by atoms with E-state index in [9.17, 15) is 0 Å². The van der Waals surface area contributed by atoms with E-state index in [1.807, 2.05) is 0 Å². The van der Waals surface area contributed by atoms with Crippen molar-refractivity contribution >= 4 is 0 Å². The lowest BCUT2D eigenvalue weighted by molar-refractivity contribution is -0.923. The van der Waals surface area contributed by atoms with Gasteiger partial charge >= 0.3 is 0 Å². The van der Waals surface area contributed by atoms with Gasteiger partial charge in [-0.25, -0.2) is 0 Å². The van der Waals surface area contributed by atoms with Crippen LogP contribution in [-0.4, -0.2) is 61.3 Å². The van der Waals surface area contributed by atoms with E-state index < -0.39 is 0 Å². The fourth-order valence-electron chi connectivity index (χ4n) is 5.13. The van der Waals surface area contributed by atoms with Gasteiger partial charge in [0.05, 0.1) is 52.4 Å². The van der Waals surface area contributed by atoms with Gasteiger partial charge in [0, 0.05) is 0 Å². The number of halogens is 2. The van der Waals surface area contributed by atoms with Gasteiger partial charge in [0.15, 0.2) is 0 Å². The third kappa shape index (κ3) is 17.5. The molecule has 0 atom stereocenters. The quantitative estimate of drug-likeness (QED) is 0.0941. The van der Waals surface area contributed by atoms with Crippen LogP contribution >= 0.6 is 0 Å². The summed E-state index contributed by atoms with van der Waals surface area (Å²) < 4.78 is 2.66. The Kier molecular flexibility index (Phi) is 29.2. The molecule has 0 spiro atoms. The van der Waals surface area contributed by atoms with E-state index in [2.05, 4.69) is 41.5 Å². The van der Waals surface area contributed by atoms with Gasteiger partial charge in [-0.1, -0.05) is 57.8 Å². The van der Waals surface area contributed by atoms with E-state index in [0.717, 1.165) is 0 Å². The minimum atomic E-state index is 0. The van der Waals surface area contributed by atoms with Gasteiger partial charge in [-0.2, -0.15) is 0 Å². The third-order valence-electron chi connectivity index (χ3n) is 8.29. The van der Waals surface area contributed by atoms with Crippen LogP contribution in [0.4, 0.5) is 0 Å². The molecule has 0 fully saturated rings. The van der Waals surface area contributed by atoms with Crippen LogP contribution < -0.4 is 48.0 Å². The molecule has 0 radical (unpaired) electrons. The third-order valence-corrected chi connectivity index (χ3v) is 8.29. The number of hydrogen-bond donors (Lipinski definition) is 0. The van der Waals surface area contributed by atoms with Crippen molar-refractivity contribution in [2.45, 2.75) is 125 Å². The van der Waals surface area contributed by atoms with Gasteiger partial charge in [-0.05, 0) is 67.2 Å². The average molecular weight is 667 g/mol. The van der Waals surface area contributed by atoms with E-state index >= 15 is 0 Å². The van der Waals surface area contributed by atoms with Gasteiger partial charge < -0.3 is 56.9 Å². The maximum absolute atomic E-state index is 2.36. The molecule has 4 heteroatoms. The summed E-state index contributed by atoms with van der Waals surface area (Å²) in [6, 6.07) is 0. The molecule has 31 heavy (non-hydrogen) atoms. The van der Waals surface area contributed by atoms with Gasteiger partial charge in [0.25, 0.3) is 0 Å². The lowest BCUT2D eigenvalue weighted by atomic mass is 10.0. The van der Waals surface area contributed by atoms with Crippen molar-refractivity contribution in [3.63, 3.8) is 0 Å². The van der Waals surface area contributed by atoms with Gasteiger partial charge in [0.2, 0.25) is 0 Å². The van der Waals surface area contributed by atoms with Gasteiger partial charge in [-0.15, -0.1) is 0 Å². The maximum Gasteiger partial charge on any atom is 0.0786 e. The zero-order valence-corrected chi connectivity index (χ0v) is 26.8. The first-order valence-electron chi connectivity index (χ1n) is 13.8. The van der Waals surface area contributed by atoms with Crippen molar-refractivity contribution in [1.82, 2.24) is 0 Å². The molecule has 0 aliphatic carbocycles. The molecule has 0 N–H and O–H groups in total. The monoisotopic (exact) mass is 666 g/mol. The largest absolute Gasteiger partial charge is 1.00 e. The molecule has 0 aromatic heterocycles. The van der Waals surface area contributed by atoms with Crippen molar-refractivity contribution in [2.24, 2.45) is 0 Å². The number of quaternary nitrogens is 2. The van der Waals surface area contributed by atoms with Crippen molar-refractivity contribution in [1.29, 1.82) is 0 Å². The Bertz CT molecular complexity index is 294. The zero-order chi connectivity index (χ0) is 21.8. The van der Waals surface area contributed by atoms with Crippen LogP contribution in [0.15, 0.2) is 0 Å². The minimum absolute atomic E-state index is 0. The van der Waals surface area contributed by atoms with E-state index in [1.165, 1.54) is 145 Å². The second-order valence-electron chi connectivity index (χ2n) is 9.62. The van der Waals surface area contributed by atoms with Crippen LogP contribution in [-0.2, 0) is 0 Å². The summed E-state index contributed by atoms with van der Waals surface area (Å²) >= 11 is 0. The molecule has 0 saturated carbocycles. The van der Waals surface area contributed by atoms with Crippen molar-refractivity contribution in [3.05, 3.63) is 0 Å². The Morgan fingerprint density at radius 3 is 0.613 bits per heavy atom.